The van der Waals surface area contributed by atoms with Crippen molar-refractivity contribution < 1.29 is 9.53 Å². The van der Waals surface area contributed by atoms with Crippen molar-refractivity contribution in [3.8, 4) is 0 Å². The minimum absolute atomic E-state index is 0.158. The molecule has 0 spiro atoms. The number of hydrogen-bond donors (Lipinski definition) is 0. The Morgan fingerprint density at radius 3 is 2.40 bits per heavy atom. The van der Waals surface area contributed by atoms with E-state index in [1.165, 1.54) is 44.8 Å². The van der Waals surface area contributed by atoms with Crippen molar-refractivity contribution >= 4 is 5.97 Å². The maximum Gasteiger partial charge on any atom is 0.310 e. The molecular formula is C13H24O2. The van der Waals surface area contributed by atoms with Gasteiger partial charge in [0.15, 0.2) is 0 Å². The van der Waals surface area contributed by atoms with Crippen molar-refractivity contribution in [1.82, 2.24) is 0 Å². The van der Waals surface area contributed by atoms with Gasteiger partial charge in [-0.05, 0) is 18.9 Å². The Balaban J connectivity index is 3.13. The van der Waals surface area contributed by atoms with Crippen molar-refractivity contribution in [3.05, 3.63) is 12.3 Å². The van der Waals surface area contributed by atoms with Gasteiger partial charge in [-0.3, -0.25) is 4.79 Å². The highest BCUT2D eigenvalue weighted by molar-refractivity contribution is 5.69. The van der Waals surface area contributed by atoms with Crippen LogP contribution in [0, 0.1) is 0 Å². The molecule has 0 saturated heterocycles. The lowest BCUT2D eigenvalue weighted by Gasteiger charge is -1.97. The molecule has 0 N–H and O–H groups in total. The molecule has 0 aromatic carbocycles. The Labute approximate surface area is 93.7 Å². The fourth-order valence-electron chi connectivity index (χ4n) is 1.32. The average molecular weight is 212 g/mol. The van der Waals surface area contributed by atoms with Gasteiger partial charge in [0.2, 0.25) is 0 Å². The first-order chi connectivity index (χ1) is 7.31. The lowest BCUT2D eigenvalue weighted by molar-refractivity contribution is -0.137. The Morgan fingerprint density at radius 1 is 1.07 bits per heavy atom. The molecule has 88 valence electrons. The number of carbonyl (C=O) groups is 1. The number of unbranched alkanes of at least 4 members (excludes halogenated alkanes) is 6. The van der Waals surface area contributed by atoms with E-state index in [4.69, 9.17) is 4.74 Å². The second kappa shape index (κ2) is 11.3. The molecule has 0 heterocycles. The van der Waals surface area contributed by atoms with Gasteiger partial charge in [0.05, 0.1) is 6.26 Å². The van der Waals surface area contributed by atoms with E-state index in [0.717, 1.165) is 6.42 Å². The van der Waals surface area contributed by atoms with Gasteiger partial charge < -0.3 is 4.74 Å². The predicted molar refractivity (Wildman–Crippen MR) is 63.5 cm³/mol. The molecule has 0 radical (unpaired) electrons. The van der Waals surface area contributed by atoms with Gasteiger partial charge in [0.25, 0.3) is 0 Å². The Kier molecular flexibility index (Phi) is 10.7. The number of rotatable bonds is 9. The van der Waals surface area contributed by atoms with Gasteiger partial charge in [-0.25, -0.2) is 0 Å². The largest absolute Gasteiger partial charge is 0.435 e. The van der Waals surface area contributed by atoms with Crippen LogP contribution in [0.4, 0.5) is 0 Å². The maximum absolute atomic E-state index is 10.7. The molecule has 0 unspecified atom stereocenters. The van der Waals surface area contributed by atoms with Gasteiger partial charge in [0, 0.05) is 6.42 Å². The Morgan fingerprint density at radius 2 is 1.73 bits per heavy atom. The van der Waals surface area contributed by atoms with Gasteiger partial charge >= 0.3 is 5.97 Å². The van der Waals surface area contributed by atoms with Crippen molar-refractivity contribution in [1.29, 1.82) is 0 Å². The summed E-state index contributed by atoms with van der Waals surface area (Å²) in [5, 5.41) is 0. The van der Waals surface area contributed by atoms with E-state index in [1.807, 2.05) is 6.08 Å². The van der Waals surface area contributed by atoms with Crippen LogP contribution in [-0.2, 0) is 9.53 Å². The summed E-state index contributed by atoms with van der Waals surface area (Å²) in [6, 6.07) is 0. The minimum atomic E-state index is -0.158. The number of carbonyl (C=O) groups excluding carboxylic acids is 1. The maximum atomic E-state index is 10.7. The fourth-order valence-corrected chi connectivity index (χ4v) is 1.32. The van der Waals surface area contributed by atoms with Crippen LogP contribution in [0.1, 0.15) is 65.2 Å². The zero-order chi connectivity index (χ0) is 11.4. The summed E-state index contributed by atoms with van der Waals surface area (Å²) >= 11 is 0. The highest BCUT2D eigenvalue weighted by Gasteiger charge is 1.92. The smallest absolute Gasteiger partial charge is 0.310 e. The Bertz CT molecular complexity index is 173. The standard InChI is InChI=1S/C13H24O2/c1-3-5-6-7-8-9-10-11-12-15-13(14)4-2/h11-12H,3-10H2,1-2H3/b12-11+. The molecule has 0 aliphatic heterocycles. The number of ether oxygens (including phenoxy) is 1. The summed E-state index contributed by atoms with van der Waals surface area (Å²) in [5.74, 6) is -0.158. The van der Waals surface area contributed by atoms with Crippen molar-refractivity contribution in [2.24, 2.45) is 0 Å². The Hall–Kier alpha value is -0.790. The first-order valence-electron chi connectivity index (χ1n) is 6.15. The normalized spacial score (nSPS) is 10.8. The molecule has 0 atom stereocenters. The van der Waals surface area contributed by atoms with Gasteiger partial charge in [-0.1, -0.05) is 46.0 Å². The SMILES string of the molecule is CCCCCCCC/C=C/OC(=O)CC. The van der Waals surface area contributed by atoms with Crippen molar-refractivity contribution in [3.63, 3.8) is 0 Å². The molecule has 0 aromatic heterocycles. The highest BCUT2D eigenvalue weighted by Crippen LogP contribution is 2.07. The molecule has 2 heteroatoms. The summed E-state index contributed by atoms with van der Waals surface area (Å²) in [7, 11) is 0. The zero-order valence-corrected chi connectivity index (χ0v) is 10.1. The molecule has 0 aromatic rings. The van der Waals surface area contributed by atoms with E-state index < -0.39 is 0 Å². The predicted octanol–water partition coefficient (Wildman–Crippen LogP) is 4.20. The van der Waals surface area contributed by atoms with Crippen molar-refractivity contribution in [2.45, 2.75) is 65.2 Å². The second-order valence-corrected chi connectivity index (χ2v) is 3.77. The fraction of sp³-hybridized carbons (Fsp3) is 0.769. The minimum Gasteiger partial charge on any atom is -0.435 e. The van der Waals surface area contributed by atoms with Crippen molar-refractivity contribution in [2.75, 3.05) is 0 Å². The lowest BCUT2D eigenvalue weighted by Crippen LogP contribution is -1.95. The summed E-state index contributed by atoms with van der Waals surface area (Å²) in [6.07, 6.45) is 12.7. The van der Waals surface area contributed by atoms with Crippen LogP contribution in [0.15, 0.2) is 12.3 Å². The van der Waals surface area contributed by atoms with E-state index in [-0.39, 0.29) is 5.97 Å². The third kappa shape index (κ3) is 11.1. The second-order valence-electron chi connectivity index (χ2n) is 3.77. The van der Waals surface area contributed by atoms with E-state index in [2.05, 4.69) is 6.92 Å². The van der Waals surface area contributed by atoms with Crippen LogP contribution in [0.3, 0.4) is 0 Å². The van der Waals surface area contributed by atoms with E-state index >= 15 is 0 Å². The van der Waals surface area contributed by atoms with E-state index in [0.29, 0.717) is 6.42 Å². The summed E-state index contributed by atoms with van der Waals surface area (Å²) in [5.41, 5.74) is 0. The molecule has 0 aliphatic rings. The zero-order valence-electron chi connectivity index (χ0n) is 10.1. The first kappa shape index (κ1) is 14.2. The summed E-state index contributed by atoms with van der Waals surface area (Å²) in [6.45, 7) is 4.02. The van der Waals surface area contributed by atoms with E-state index in [9.17, 15) is 4.79 Å². The summed E-state index contributed by atoms with van der Waals surface area (Å²) in [4.78, 5) is 10.7. The van der Waals surface area contributed by atoms with Crippen LogP contribution >= 0.6 is 0 Å². The molecule has 15 heavy (non-hydrogen) atoms. The molecule has 2 nitrogen and oxygen atoms in total. The monoisotopic (exact) mass is 212 g/mol. The number of esters is 1. The molecule has 0 saturated carbocycles. The van der Waals surface area contributed by atoms with E-state index in [1.54, 1.807) is 6.92 Å². The third-order valence-electron chi connectivity index (χ3n) is 2.31. The topological polar surface area (TPSA) is 26.3 Å². The molecule has 0 amide bonds. The lowest BCUT2D eigenvalue weighted by atomic mass is 10.1. The van der Waals surface area contributed by atoms with Crippen LogP contribution in [0.25, 0.3) is 0 Å². The molecule has 0 aliphatic carbocycles. The average Bonchev–Trinajstić information content (AvgIpc) is 2.26. The first-order valence-corrected chi connectivity index (χ1v) is 6.15. The molecule has 0 rings (SSSR count). The molecule has 0 fully saturated rings. The van der Waals surface area contributed by atoms with Gasteiger partial charge in [-0.2, -0.15) is 0 Å². The molecular weight excluding hydrogens is 188 g/mol. The van der Waals surface area contributed by atoms with Gasteiger partial charge in [0.1, 0.15) is 0 Å². The van der Waals surface area contributed by atoms with Crippen LogP contribution in [-0.4, -0.2) is 5.97 Å². The third-order valence-corrected chi connectivity index (χ3v) is 2.31. The van der Waals surface area contributed by atoms with Crippen LogP contribution in [0.5, 0.6) is 0 Å². The highest BCUT2D eigenvalue weighted by atomic mass is 16.5. The van der Waals surface area contributed by atoms with Crippen LogP contribution in [0.2, 0.25) is 0 Å². The van der Waals surface area contributed by atoms with Gasteiger partial charge in [-0.15, -0.1) is 0 Å². The quantitative estimate of drug-likeness (QED) is 0.325. The number of allylic oxidation sites excluding steroid dienone is 1. The number of hydrogen-bond acceptors (Lipinski definition) is 2. The molecule has 0 bridgehead atoms. The van der Waals surface area contributed by atoms with Crippen LogP contribution < -0.4 is 0 Å². The summed E-state index contributed by atoms with van der Waals surface area (Å²) < 4.78 is 4.82.